The van der Waals surface area contributed by atoms with Gasteiger partial charge in [-0.2, -0.15) is 0 Å². The van der Waals surface area contributed by atoms with Crippen molar-refractivity contribution in [2.75, 3.05) is 0 Å². The Hall–Kier alpha value is -0.460. The number of allylic oxidation sites excluding steroid dienone is 2. The minimum Gasteiger partial charge on any atom is -0.386 e. The van der Waals surface area contributed by atoms with Crippen molar-refractivity contribution >= 4 is 0 Å². The third kappa shape index (κ3) is 2.52. The summed E-state index contributed by atoms with van der Waals surface area (Å²) >= 11 is 0. The molecule has 0 aliphatic heterocycles. The quantitative estimate of drug-likeness (QED) is 0.704. The van der Waals surface area contributed by atoms with E-state index in [1.165, 1.54) is 57.8 Å². The molecule has 2 aliphatic carbocycles. The molecule has 0 amide bonds. The van der Waals surface area contributed by atoms with Crippen molar-refractivity contribution in [2.24, 2.45) is 0 Å². The summed E-state index contributed by atoms with van der Waals surface area (Å²) < 4.78 is 0. The van der Waals surface area contributed by atoms with Crippen molar-refractivity contribution in [1.82, 2.24) is 5.32 Å². The first-order valence-electron chi connectivity index (χ1n) is 6.31. The molecule has 0 unspecified atom stereocenters. The van der Waals surface area contributed by atoms with E-state index in [-0.39, 0.29) is 0 Å². The van der Waals surface area contributed by atoms with Crippen molar-refractivity contribution in [3.63, 3.8) is 0 Å². The predicted molar refractivity (Wildman–Crippen MR) is 61.2 cm³/mol. The van der Waals surface area contributed by atoms with E-state index in [4.69, 9.17) is 0 Å². The van der Waals surface area contributed by atoms with Gasteiger partial charge in [-0.1, -0.05) is 24.8 Å². The van der Waals surface area contributed by atoms with Crippen LogP contribution in [0.15, 0.2) is 11.3 Å². The third-order valence-corrected chi connectivity index (χ3v) is 3.73. The highest BCUT2D eigenvalue weighted by molar-refractivity contribution is 5.13. The van der Waals surface area contributed by atoms with Crippen molar-refractivity contribution in [3.05, 3.63) is 11.3 Å². The lowest BCUT2D eigenvalue weighted by Gasteiger charge is -2.28. The van der Waals surface area contributed by atoms with Crippen LogP contribution in [0.1, 0.15) is 64.7 Å². The Kier molecular flexibility index (Phi) is 3.49. The number of nitrogens with one attached hydrogen (secondary N) is 1. The SMILES string of the molecule is CC1=C(NC2CCCCC2)CCCC1. The van der Waals surface area contributed by atoms with Crippen LogP contribution in [0.5, 0.6) is 0 Å². The van der Waals surface area contributed by atoms with Crippen LogP contribution in [0.4, 0.5) is 0 Å². The van der Waals surface area contributed by atoms with Crippen LogP contribution in [0, 0.1) is 0 Å². The van der Waals surface area contributed by atoms with Gasteiger partial charge in [0.15, 0.2) is 0 Å². The molecule has 1 saturated carbocycles. The molecule has 1 N–H and O–H groups in total. The van der Waals surface area contributed by atoms with Crippen LogP contribution < -0.4 is 5.32 Å². The van der Waals surface area contributed by atoms with Gasteiger partial charge in [-0.3, -0.25) is 0 Å². The summed E-state index contributed by atoms with van der Waals surface area (Å²) in [5.41, 5.74) is 3.21. The Labute approximate surface area is 88.0 Å². The van der Waals surface area contributed by atoms with Gasteiger partial charge in [0.25, 0.3) is 0 Å². The molecule has 2 aliphatic rings. The zero-order valence-electron chi connectivity index (χ0n) is 9.44. The fraction of sp³-hybridized carbons (Fsp3) is 0.846. The maximum atomic E-state index is 3.79. The van der Waals surface area contributed by atoms with Gasteiger partial charge in [-0.05, 0) is 45.4 Å². The molecule has 0 aromatic carbocycles. The minimum atomic E-state index is 0.798. The third-order valence-electron chi connectivity index (χ3n) is 3.73. The zero-order valence-corrected chi connectivity index (χ0v) is 9.44. The van der Waals surface area contributed by atoms with Gasteiger partial charge in [0.05, 0.1) is 0 Å². The zero-order chi connectivity index (χ0) is 9.80. The average Bonchev–Trinajstić information content (AvgIpc) is 2.23. The van der Waals surface area contributed by atoms with Crippen LogP contribution in [0.25, 0.3) is 0 Å². The van der Waals surface area contributed by atoms with Crippen LogP contribution in [-0.2, 0) is 0 Å². The van der Waals surface area contributed by atoms with Gasteiger partial charge < -0.3 is 5.32 Å². The number of rotatable bonds is 2. The van der Waals surface area contributed by atoms with E-state index in [2.05, 4.69) is 12.2 Å². The highest BCUT2D eigenvalue weighted by Crippen LogP contribution is 2.25. The molecule has 0 heterocycles. The molecule has 2 rings (SSSR count). The van der Waals surface area contributed by atoms with E-state index < -0.39 is 0 Å². The summed E-state index contributed by atoms with van der Waals surface area (Å²) in [4.78, 5) is 0. The maximum absolute atomic E-state index is 3.79. The first-order chi connectivity index (χ1) is 6.86. The Morgan fingerprint density at radius 1 is 0.929 bits per heavy atom. The largest absolute Gasteiger partial charge is 0.386 e. The molecule has 80 valence electrons. The molecule has 0 spiro atoms. The van der Waals surface area contributed by atoms with E-state index in [1.54, 1.807) is 11.3 Å². The van der Waals surface area contributed by atoms with Gasteiger partial charge in [0.1, 0.15) is 0 Å². The molecule has 1 nitrogen and oxygen atoms in total. The first kappa shape index (κ1) is 10.1. The van der Waals surface area contributed by atoms with E-state index in [9.17, 15) is 0 Å². The lowest BCUT2D eigenvalue weighted by Crippen LogP contribution is -2.31. The standard InChI is InChI=1S/C13H23N/c1-11-7-5-6-10-13(11)14-12-8-3-2-4-9-12/h12,14H,2-10H2,1H3. The Morgan fingerprint density at radius 2 is 1.64 bits per heavy atom. The van der Waals surface area contributed by atoms with Crippen LogP contribution in [0.2, 0.25) is 0 Å². The van der Waals surface area contributed by atoms with Crippen molar-refractivity contribution in [1.29, 1.82) is 0 Å². The molecular formula is C13H23N. The van der Waals surface area contributed by atoms with Gasteiger partial charge >= 0.3 is 0 Å². The molecule has 0 aromatic rings. The molecular weight excluding hydrogens is 170 g/mol. The van der Waals surface area contributed by atoms with E-state index in [0.717, 1.165) is 6.04 Å². The summed E-state index contributed by atoms with van der Waals surface area (Å²) in [5.74, 6) is 0. The number of hydrogen-bond acceptors (Lipinski definition) is 1. The first-order valence-corrected chi connectivity index (χ1v) is 6.31. The summed E-state index contributed by atoms with van der Waals surface area (Å²) in [5, 5.41) is 3.79. The Morgan fingerprint density at radius 3 is 2.36 bits per heavy atom. The number of hydrogen-bond donors (Lipinski definition) is 1. The van der Waals surface area contributed by atoms with Gasteiger partial charge in [0, 0.05) is 11.7 Å². The molecule has 1 heteroatoms. The predicted octanol–water partition coefficient (Wildman–Crippen LogP) is 3.76. The topological polar surface area (TPSA) is 12.0 Å². The highest BCUT2D eigenvalue weighted by atomic mass is 14.9. The Bertz CT molecular complexity index is 211. The summed E-state index contributed by atoms with van der Waals surface area (Å²) in [6.45, 7) is 2.31. The fourth-order valence-corrected chi connectivity index (χ4v) is 2.74. The lowest BCUT2D eigenvalue weighted by molar-refractivity contribution is 0.387. The highest BCUT2D eigenvalue weighted by Gasteiger charge is 2.16. The van der Waals surface area contributed by atoms with Crippen LogP contribution >= 0.6 is 0 Å². The maximum Gasteiger partial charge on any atom is 0.0258 e. The van der Waals surface area contributed by atoms with E-state index in [0.29, 0.717) is 0 Å². The molecule has 0 atom stereocenters. The normalized spacial score (nSPS) is 25.2. The second-order valence-electron chi connectivity index (χ2n) is 4.95. The van der Waals surface area contributed by atoms with E-state index >= 15 is 0 Å². The smallest absolute Gasteiger partial charge is 0.0258 e. The Balaban J connectivity index is 1.88. The van der Waals surface area contributed by atoms with Crippen molar-refractivity contribution in [2.45, 2.75) is 70.8 Å². The fourth-order valence-electron chi connectivity index (χ4n) is 2.74. The molecule has 1 fully saturated rings. The molecule has 0 bridgehead atoms. The van der Waals surface area contributed by atoms with Gasteiger partial charge in [0.2, 0.25) is 0 Å². The molecule has 0 saturated heterocycles. The van der Waals surface area contributed by atoms with Crippen molar-refractivity contribution in [3.8, 4) is 0 Å². The van der Waals surface area contributed by atoms with Gasteiger partial charge in [-0.15, -0.1) is 0 Å². The lowest BCUT2D eigenvalue weighted by atomic mass is 9.92. The molecule has 0 aromatic heterocycles. The van der Waals surface area contributed by atoms with Gasteiger partial charge in [-0.25, -0.2) is 0 Å². The summed E-state index contributed by atoms with van der Waals surface area (Å²) in [6, 6.07) is 0.798. The second-order valence-corrected chi connectivity index (χ2v) is 4.95. The van der Waals surface area contributed by atoms with Crippen LogP contribution in [0.3, 0.4) is 0 Å². The van der Waals surface area contributed by atoms with Crippen LogP contribution in [-0.4, -0.2) is 6.04 Å². The average molecular weight is 193 g/mol. The molecule has 14 heavy (non-hydrogen) atoms. The van der Waals surface area contributed by atoms with Crippen molar-refractivity contribution < 1.29 is 0 Å². The van der Waals surface area contributed by atoms with E-state index in [1.807, 2.05) is 0 Å². The second kappa shape index (κ2) is 4.86. The summed E-state index contributed by atoms with van der Waals surface area (Å²) in [6.07, 6.45) is 12.6. The summed E-state index contributed by atoms with van der Waals surface area (Å²) in [7, 11) is 0. The minimum absolute atomic E-state index is 0.798. The molecule has 0 radical (unpaired) electrons. The monoisotopic (exact) mass is 193 g/mol.